The lowest BCUT2D eigenvalue weighted by Crippen LogP contribution is -1.92. The van der Waals surface area contributed by atoms with Crippen molar-refractivity contribution >= 4 is 17.6 Å². The van der Waals surface area contributed by atoms with Gasteiger partial charge in [0.25, 0.3) is 0 Å². The zero-order valence-electron chi connectivity index (χ0n) is 9.72. The molecule has 88 valence electrons. The molecule has 1 N–H and O–H groups in total. The molecule has 3 heteroatoms. The summed E-state index contributed by atoms with van der Waals surface area (Å²) in [5.74, 6) is 1.80. The number of hydrogen-bond donors (Lipinski definition) is 1. The first-order chi connectivity index (χ1) is 8.40. The third-order valence-corrected chi connectivity index (χ3v) is 3.21. The monoisotopic (exact) mass is 245 g/mol. The van der Waals surface area contributed by atoms with E-state index >= 15 is 0 Å². The highest BCUT2D eigenvalue weighted by molar-refractivity contribution is 7.99. The fourth-order valence-electron chi connectivity index (χ4n) is 1.50. The van der Waals surface area contributed by atoms with Crippen molar-refractivity contribution in [1.29, 1.82) is 0 Å². The summed E-state index contributed by atoms with van der Waals surface area (Å²) in [6.07, 6.45) is 0. The molecule has 0 unspecified atom stereocenters. The lowest BCUT2D eigenvalue weighted by molar-refractivity contribution is 0.417. The normalized spacial score (nSPS) is 9.94. The second kappa shape index (κ2) is 6.21. The molecule has 0 spiro atoms. The Bertz CT molecular complexity index is 459. The minimum Gasteiger partial charge on any atom is -0.495 e. The predicted molar refractivity (Wildman–Crippen MR) is 74.4 cm³/mol. The highest BCUT2D eigenvalue weighted by Crippen LogP contribution is 2.26. The number of rotatable bonds is 5. The molecule has 2 nitrogen and oxygen atoms in total. The van der Waals surface area contributed by atoms with Gasteiger partial charge in [0.15, 0.2) is 0 Å². The maximum Gasteiger partial charge on any atom is 0.142 e. The van der Waals surface area contributed by atoms with Gasteiger partial charge in [-0.1, -0.05) is 42.5 Å². The standard InChI is InChI=1S/C14H15NOS/c1-16-14-10-6-5-9-13(14)15-17-11-12-7-3-2-4-8-12/h2-10,15H,11H2,1H3. The molecule has 0 fully saturated rings. The molecule has 0 saturated heterocycles. The van der Waals surface area contributed by atoms with Crippen molar-refractivity contribution < 1.29 is 4.74 Å². The summed E-state index contributed by atoms with van der Waals surface area (Å²) >= 11 is 1.66. The van der Waals surface area contributed by atoms with Crippen LogP contribution in [0.4, 0.5) is 5.69 Å². The Morgan fingerprint density at radius 2 is 1.71 bits per heavy atom. The highest BCUT2D eigenvalue weighted by atomic mass is 32.2. The van der Waals surface area contributed by atoms with Crippen LogP contribution in [0.25, 0.3) is 0 Å². The number of nitrogens with one attached hydrogen (secondary N) is 1. The minimum absolute atomic E-state index is 0.869. The molecule has 2 aromatic carbocycles. The molecule has 0 saturated carbocycles. The lowest BCUT2D eigenvalue weighted by atomic mass is 10.2. The number of hydrogen-bond acceptors (Lipinski definition) is 3. The molecule has 0 heterocycles. The van der Waals surface area contributed by atoms with Crippen molar-refractivity contribution in [1.82, 2.24) is 0 Å². The van der Waals surface area contributed by atoms with Crippen molar-refractivity contribution in [2.75, 3.05) is 11.8 Å². The third-order valence-electron chi connectivity index (χ3n) is 2.37. The maximum atomic E-state index is 5.27. The van der Waals surface area contributed by atoms with Gasteiger partial charge in [-0.25, -0.2) is 0 Å². The van der Waals surface area contributed by atoms with Crippen LogP contribution >= 0.6 is 11.9 Å². The van der Waals surface area contributed by atoms with E-state index in [1.165, 1.54) is 5.56 Å². The quantitative estimate of drug-likeness (QED) is 0.806. The molecular weight excluding hydrogens is 230 g/mol. The Morgan fingerprint density at radius 1 is 1.00 bits per heavy atom. The van der Waals surface area contributed by atoms with Crippen LogP contribution in [0.15, 0.2) is 54.6 Å². The van der Waals surface area contributed by atoms with E-state index < -0.39 is 0 Å². The fourth-order valence-corrected chi connectivity index (χ4v) is 2.26. The van der Waals surface area contributed by atoms with E-state index in [0.29, 0.717) is 0 Å². The van der Waals surface area contributed by atoms with Gasteiger partial charge in [-0.3, -0.25) is 0 Å². The smallest absolute Gasteiger partial charge is 0.142 e. The zero-order valence-corrected chi connectivity index (χ0v) is 10.5. The van der Waals surface area contributed by atoms with E-state index in [9.17, 15) is 0 Å². The Labute approximate surface area is 106 Å². The van der Waals surface area contributed by atoms with Crippen LogP contribution in [0.1, 0.15) is 5.56 Å². The highest BCUT2D eigenvalue weighted by Gasteiger charge is 2.00. The van der Waals surface area contributed by atoms with Gasteiger partial charge in [0, 0.05) is 5.75 Å². The molecule has 17 heavy (non-hydrogen) atoms. The Morgan fingerprint density at radius 3 is 2.47 bits per heavy atom. The number of para-hydroxylation sites is 2. The Hall–Kier alpha value is -1.61. The van der Waals surface area contributed by atoms with E-state index in [4.69, 9.17) is 4.74 Å². The molecule has 0 aliphatic carbocycles. The zero-order chi connectivity index (χ0) is 11.9. The lowest BCUT2D eigenvalue weighted by Gasteiger charge is -2.09. The molecular formula is C14H15NOS. The van der Waals surface area contributed by atoms with Crippen LogP contribution in [-0.2, 0) is 5.75 Å². The average Bonchev–Trinajstić information content (AvgIpc) is 2.40. The summed E-state index contributed by atoms with van der Waals surface area (Å²) in [6, 6.07) is 18.3. The molecule has 0 aliphatic rings. The van der Waals surface area contributed by atoms with Gasteiger partial charge in [0.1, 0.15) is 5.75 Å². The molecule has 0 aliphatic heterocycles. The van der Waals surface area contributed by atoms with E-state index in [1.54, 1.807) is 19.1 Å². The van der Waals surface area contributed by atoms with Crippen molar-refractivity contribution in [3.8, 4) is 5.75 Å². The van der Waals surface area contributed by atoms with Crippen molar-refractivity contribution in [3.63, 3.8) is 0 Å². The second-order valence-corrected chi connectivity index (χ2v) is 4.36. The number of anilines is 1. The fraction of sp³-hybridized carbons (Fsp3) is 0.143. The minimum atomic E-state index is 0.869. The van der Waals surface area contributed by atoms with E-state index in [0.717, 1.165) is 17.2 Å². The molecule has 0 atom stereocenters. The third kappa shape index (κ3) is 3.43. The van der Waals surface area contributed by atoms with Crippen molar-refractivity contribution in [3.05, 3.63) is 60.2 Å². The predicted octanol–water partition coefficient (Wildman–Crippen LogP) is 3.96. The van der Waals surface area contributed by atoms with E-state index in [1.807, 2.05) is 30.3 Å². The first kappa shape index (κ1) is 11.9. The van der Waals surface area contributed by atoms with Crippen LogP contribution < -0.4 is 9.46 Å². The number of ether oxygens (including phenoxy) is 1. The summed E-state index contributed by atoms with van der Waals surface area (Å²) in [7, 11) is 1.68. The van der Waals surface area contributed by atoms with Gasteiger partial charge in [-0.2, -0.15) is 0 Å². The molecule has 2 aromatic rings. The van der Waals surface area contributed by atoms with Crippen molar-refractivity contribution in [2.24, 2.45) is 0 Å². The van der Waals surface area contributed by atoms with Crippen LogP contribution in [0.2, 0.25) is 0 Å². The largest absolute Gasteiger partial charge is 0.495 e. The maximum absolute atomic E-state index is 5.27. The summed E-state index contributed by atoms with van der Waals surface area (Å²) in [6.45, 7) is 0. The summed E-state index contributed by atoms with van der Waals surface area (Å²) in [5, 5.41) is 0. The van der Waals surface area contributed by atoms with Gasteiger partial charge in [-0.05, 0) is 29.6 Å². The summed E-state index contributed by atoms with van der Waals surface area (Å²) in [4.78, 5) is 0. The summed E-state index contributed by atoms with van der Waals surface area (Å²) in [5.41, 5.74) is 2.32. The molecule has 0 radical (unpaired) electrons. The van der Waals surface area contributed by atoms with Crippen LogP contribution in [0.5, 0.6) is 5.75 Å². The average molecular weight is 245 g/mol. The second-order valence-electron chi connectivity index (χ2n) is 3.58. The van der Waals surface area contributed by atoms with Crippen molar-refractivity contribution in [2.45, 2.75) is 5.75 Å². The van der Waals surface area contributed by atoms with E-state index in [2.05, 4.69) is 29.0 Å². The van der Waals surface area contributed by atoms with Gasteiger partial charge >= 0.3 is 0 Å². The SMILES string of the molecule is COc1ccccc1NSCc1ccccc1. The topological polar surface area (TPSA) is 21.3 Å². The first-order valence-corrected chi connectivity index (χ1v) is 6.43. The van der Waals surface area contributed by atoms with Gasteiger partial charge in [-0.15, -0.1) is 0 Å². The Kier molecular flexibility index (Phi) is 4.33. The van der Waals surface area contributed by atoms with Crippen LogP contribution in [0.3, 0.4) is 0 Å². The van der Waals surface area contributed by atoms with E-state index in [-0.39, 0.29) is 0 Å². The van der Waals surface area contributed by atoms with Crippen LogP contribution in [0, 0.1) is 0 Å². The van der Waals surface area contributed by atoms with Gasteiger partial charge < -0.3 is 9.46 Å². The molecule has 2 rings (SSSR count). The van der Waals surface area contributed by atoms with Crippen LogP contribution in [-0.4, -0.2) is 7.11 Å². The van der Waals surface area contributed by atoms with Gasteiger partial charge in [0.05, 0.1) is 12.8 Å². The van der Waals surface area contributed by atoms with Gasteiger partial charge in [0.2, 0.25) is 0 Å². The molecule has 0 amide bonds. The first-order valence-electron chi connectivity index (χ1n) is 5.45. The number of methoxy groups -OCH3 is 1. The molecule has 0 bridgehead atoms. The Balaban J connectivity index is 1.90. The number of benzene rings is 2. The summed E-state index contributed by atoms with van der Waals surface area (Å²) < 4.78 is 8.58. The molecule has 0 aromatic heterocycles.